The highest BCUT2D eigenvalue weighted by atomic mass is 32.7. The molecular formula is C9H23N2O3PS. The number of nitrogens with zero attached hydrogens (tertiary/aromatic N) is 1. The molecule has 0 aromatic rings. The summed E-state index contributed by atoms with van der Waals surface area (Å²) < 4.78 is 10.7. The van der Waals surface area contributed by atoms with E-state index >= 15 is 0 Å². The topological polar surface area (TPSA) is 86.8 Å². The Morgan fingerprint density at radius 1 is 1.31 bits per heavy atom. The van der Waals surface area contributed by atoms with E-state index in [2.05, 4.69) is 25.7 Å². The molecule has 16 heavy (non-hydrogen) atoms. The maximum Gasteiger partial charge on any atom is 0.384 e. The normalized spacial score (nSPS) is 13.4. The van der Waals surface area contributed by atoms with Crippen molar-refractivity contribution in [2.45, 2.75) is 32.7 Å². The van der Waals surface area contributed by atoms with Crippen molar-refractivity contribution in [2.75, 3.05) is 25.4 Å². The third kappa shape index (κ3) is 8.56. The van der Waals surface area contributed by atoms with E-state index in [0.29, 0.717) is 30.2 Å². The summed E-state index contributed by atoms with van der Waals surface area (Å²) in [7, 11) is 0. The molecule has 0 aliphatic rings. The molecular weight excluding hydrogens is 247 g/mol. The Hall–Kier alpha value is 0.420. The maximum atomic E-state index is 10.7. The van der Waals surface area contributed by atoms with Crippen molar-refractivity contribution in [2.24, 2.45) is 5.73 Å². The summed E-state index contributed by atoms with van der Waals surface area (Å²) in [6.07, 6.45) is 0.901. The summed E-state index contributed by atoms with van der Waals surface area (Å²) in [5.74, 6) is 0.437. The number of nitrogens with two attached hydrogens (primary N) is 1. The standard InChI is InChI=1S/C9H23N2O3PS/c1-9(2,3)11(6-4-5-10)7-8-16-15(12,13)14/h4-8,10H2,1-3H3,(H2,12,13,14). The van der Waals surface area contributed by atoms with Gasteiger partial charge in [0.25, 0.3) is 0 Å². The van der Waals surface area contributed by atoms with Gasteiger partial charge in [-0.15, -0.1) is 0 Å². The second kappa shape index (κ2) is 6.99. The van der Waals surface area contributed by atoms with Crippen molar-refractivity contribution in [3.05, 3.63) is 0 Å². The van der Waals surface area contributed by atoms with Gasteiger partial charge < -0.3 is 15.5 Å². The Morgan fingerprint density at radius 3 is 2.25 bits per heavy atom. The third-order valence-corrected chi connectivity index (χ3v) is 4.46. The lowest BCUT2D eigenvalue weighted by Gasteiger charge is -2.35. The van der Waals surface area contributed by atoms with Crippen LogP contribution in [0.4, 0.5) is 0 Å². The van der Waals surface area contributed by atoms with Crippen molar-refractivity contribution in [3.8, 4) is 0 Å². The van der Waals surface area contributed by atoms with Crippen molar-refractivity contribution >= 4 is 18.2 Å². The summed E-state index contributed by atoms with van der Waals surface area (Å²) in [5, 5.41) is 0. The van der Waals surface area contributed by atoms with Gasteiger partial charge in [-0.3, -0.25) is 4.90 Å². The highest BCUT2D eigenvalue weighted by molar-refractivity contribution is 8.54. The summed E-state index contributed by atoms with van der Waals surface area (Å²) in [4.78, 5) is 19.7. The first-order chi connectivity index (χ1) is 7.17. The molecule has 0 aliphatic carbocycles. The Bertz CT molecular complexity index is 239. The largest absolute Gasteiger partial charge is 0.384 e. The average Bonchev–Trinajstić information content (AvgIpc) is 2.06. The number of rotatable bonds is 7. The molecule has 0 spiro atoms. The summed E-state index contributed by atoms with van der Waals surface area (Å²) in [5.41, 5.74) is 5.47. The predicted octanol–water partition coefficient (Wildman–Crippen LogP) is 1.26. The van der Waals surface area contributed by atoms with E-state index in [4.69, 9.17) is 15.5 Å². The van der Waals surface area contributed by atoms with Crippen LogP contribution in [0.15, 0.2) is 0 Å². The molecule has 0 saturated heterocycles. The lowest BCUT2D eigenvalue weighted by molar-refractivity contribution is 0.145. The lowest BCUT2D eigenvalue weighted by atomic mass is 10.1. The molecule has 98 valence electrons. The molecule has 0 aromatic heterocycles. The molecule has 4 N–H and O–H groups in total. The van der Waals surface area contributed by atoms with Crippen LogP contribution in [0.25, 0.3) is 0 Å². The molecule has 0 unspecified atom stereocenters. The van der Waals surface area contributed by atoms with Crippen LogP contribution in [0.3, 0.4) is 0 Å². The van der Waals surface area contributed by atoms with E-state index in [1.165, 1.54) is 0 Å². The van der Waals surface area contributed by atoms with Crippen molar-refractivity contribution in [3.63, 3.8) is 0 Å². The molecule has 0 bridgehead atoms. The first kappa shape index (κ1) is 16.4. The fourth-order valence-corrected chi connectivity index (χ4v) is 2.83. The van der Waals surface area contributed by atoms with E-state index in [1.54, 1.807) is 0 Å². The number of hydrogen-bond donors (Lipinski definition) is 3. The zero-order valence-corrected chi connectivity index (χ0v) is 11.9. The van der Waals surface area contributed by atoms with Gasteiger partial charge in [0.15, 0.2) is 0 Å². The van der Waals surface area contributed by atoms with E-state index < -0.39 is 6.80 Å². The molecule has 0 atom stereocenters. The van der Waals surface area contributed by atoms with Gasteiger partial charge in [-0.25, -0.2) is 4.57 Å². The minimum atomic E-state index is -3.93. The third-order valence-electron chi connectivity index (χ3n) is 2.20. The predicted molar refractivity (Wildman–Crippen MR) is 69.5 cm³/mol. The molecule has 0 fully saturated rings. The van der Waals surface area contributed by atoms with E-state index in [1.807, 2.05) is 0 Å². The van der Waals surface area contributed by atoms with Crippen LogP contribution in [-0.2, 0) is 4.57 Å². The number of hydrogen-bond acceptors (Lipinski definition) is 4. The van der Waals surface area contributed by atoms with E-state index in [9.17, 15) is 4.57 Å². The molecule has 0 radical (unpaired) electrons. The van der Waals surface area contributed by atoms with Crippen LogP contribution in [0, 0.1) is 0 Å². The monoisotopic (exact) mass is 270 g/mol. The van der Waals surface area contributed by atoms with Crippen LogP contribution < -0.4 is 5.73 Å². The zero-order valence-electron chi connectivity index (χ0n) is 10.2. The van der Waals surface area contributed by atoms with Crippen LogP contribution >= 0.6 is 18.2 Å². The zero-order chi connectivity index (χ0) is 12.8. The van der Waals surface area contributed by atoms with E-state index in [0.717, 1.165) is 13.0 Å². The second-order valence-corrected chi connectivity index (χ2v) is 8.47. The van der Waals surface area contributed by atoms with Gasteiger partial charge in [-0.1, -0.05) is 0 Å². The Labute approximate surface area is 102 Å². The first-order valence-corrected chi connectivity index (χ1v) is 8.52. The van der Waals surface area contributed by atoms with E-state index in [-0.39, 0.29) is 5.54 Å². The van der Waals surface area contributed by atoms with Gasteiger partial charge in [-0.2, -0.15) is 0 Å². The fraction of sp³-hybridized carbons (Fsp3) is 1.00. The van der Waals surface area contributed by atoms with Crippen LogP contribution in [0.2, 0.25) is 0 Å². The Kier molecular flexibility index (Phi) is 7.17. The molecule has 0 rings (SSSR count). The molecule has 0 aliphatic heterocycles. The molecule has 0 heterocycles. The lowest BCUT2D eigenvalue weighted by Crippen LogP contribution is -2.43. The Morgan fingerprint density at radius 2 is 1.88 bits per heavy atom. The average molecular weight is 270 g/mol. The van der Waals surface area contributed by atoms with Crippen LogP contribution in [0.5, 0.6) is 0 Å². The van der Waals surface area contributed by atoms with Crippen LogP contribution in [0.1, 0.15) is 27.2 Å². The molecule has 0 amide bonds. The Balaban J connectivity index is 4.08. The summed E-state index contributed by atoms with van der Waals surface area (Å²) >= 11 is 0.705. The quantitative estimate of drug-likeness (QED) is 0.604. The SMILES string of the molecule is CC(C)(C)N(CCCN)CCSP(=O)(O)O. The van der Waals surface area contributed by atoms with Gasteiger partial charge in [-0.05, 0) is 51.7 Å². The highest BCUT2D eigenvalue weighted by Gasteiger charge is 2.22. The van der Waals surface area contributed by atoms with Gasteiger partial charge in [0.1, 0.15) is 0 Å². The van der Waals surface area contributed by atoms with Gasteiger partial charge in [0, 0.05) is 17.8 Å². The van der Waals surface area contributed by atoms with Crippen molar-refractivity contribution in [1.82, 2.24) is 4.90 Å². The van der Waals surface area contributed by atoms with Crippen molar-refractivity contribution in [1.29, 1.82) is 0 Å². The first-order valence-electron chi connectivity index (χ1n) is 5.32. The van der Waals surface area contributed by atoms with Gasteiger partial charge in [0.2, 0.25) is 0 Å². The fourth-order valence-electron chi connectivity index (χ4n) is 1.33. The summed E-state index contributed by atoms with van der Waals surface area (Å²) in [6, 6.07) is 0. The highest BCUT2D eigenvalue weighted by Crippen LogP contribution is 2.49. The van der Waals surface area contributed by atoms with Gasteiger partial charge >= 0.3 is 6.80 Å². The minimum Gasteiger partial charge on any atom is -0.330 e. The maximum absolute atomic E-state index is 10.7. The molecule has 5 nitrogen and oxygen atoms in total. The van der Waals surface area contributed by atoms with Crippen LogP contribution in [-0.4, -0.2) is 45.6 Å². The second-order valence-electron chi connectivity index (χ2n) is 4.62. The minimum absolute atomic E-state index is 0.00459. The summed E-state index contributed by atoms with van der Waals surface area (Å²) in [6.45, 7) is 4.50. The smallest absolute Gasteiger partial charge is 0.330 e. The molecule has 0 aromatic carbocycles. The molecule has 7 heteroatoms. The molecule has 0 saturated carbocycles. The van der Waals surface area contributed by atoms with Crippen molar-refractivity contribution < 1.29 is 14.4 Å². The van der Waals surface area contributed by atoms with Gasteiger partial charge in [0.05, 0.1) is 0 Å².